The third-order valence-corrected chi connectivity index (χ3v) is 4.58. The molecular formula is C24H23F2N3O2. The van der Waals surface area contributed by atoms with Gasteiger partial charge in [0.25, 0.3) is 5.91 Å². The van der Waals surface area contributed by atoms with Crippen LogP contribution >= 0.6 is 0 Å². The van der Waals surface area contributed by atoms with E-state index < -0.39 is 17.5 Å². The fourth-order valence-electron chi connectivity index (χ4n) is 3.05. The van der Waals surface area contributed by atoms with Crippen molar-refractivity contribution >= 4 is 23.3 Å². The molecule has 160 valence electrons. The quantitative estimate of drug-likeness (QED) is 0.518. The predicted molar refractivity (Wildman–Crippen MR) is 117 cm³/mol. The molecule has 0 fully saturated rings. The van der Waals surface area contributed by atoms with Gasteiger partial charge >= 0.3 is 6.03 Å². The van der Waals surface area contributed by atoms with Crippen LogP contribution in [0.1, 0.15) is 22.3 Å². The average molecular weight is 423 g/mol. The number of nitrogens with zero attached hydrogens (tertiary/aromatic N) is 1. The molecule has 3 aromatic carbocycles. The van der Waals surface area contributed by atoms with Crippen molar-refractivity contribution in [2.45, 2.75) is 13.3 Å². The van der Waals surface area contributed by atoms with Crippen LogP contribution in [0, 0.1) is 18.6 Å². The van der Waals surface area contributed by atoms with Gasteiger partial charge in [-0.2, -0.15) is 0 Å². The Morgan fingerprint density at radius 2 is 1.65 bits per heavy atom. The van der Waals surface area contributed by atoms with E-state index in [0.717, 1.165) is 11.6 Å². The van der Waals surface area contributed by atoms with Crippen LogP contribution in [0.2, 0.25) is 0 Å². The molecular weight excluding hydrogens is 400 g/mol. The van der Waals surface area contributed by atoms with E-state index in [2.05, 4.69) is 10.6 Å². The highest BCUT2D eigenvalue weighted by Crippen LogP contribution is 2.18. The van der Waals surface area contributed by atoms with Gasteiger partial charge in [-0.15, -0.1) is 0 Å². The predicted octanol–water partition coefficient (Wildman–Crippen LogP) is 5.13. The smallest absolute Gasteiger partial charge is 0.326 e. The van der Waals surface area contributed by atoms with Gasteiger partial charge in [0, 0.05) is 30.0 Å². The second kappa shape index (κ2) is 10.3. The second-order valence-electron chi connectivity index (χ2n) is 7.05. The third-order valence-electron chi connectivity index (χ3n) is 4.58. The molecule has 2 N–H and O–H groups in total. The van der Waals surface area contributed by atoms with Crippen molar-refractivity contribution in [3.63, 3.8) is 0 Å². The zero-order valence-corrected chi connectivity index (χ0v) is 17.1. The van der Waals surface area contributed by atoms with Crippen LogP contribution in [0.3, 0.4) is 0 Å². The first kappa shape index (κ1) is 22.0. The zero-order valence-electron chi connectivity index (χ0n) is 17.1. The Labute approximate surface area is 179 Å². The number of amides is 3. The van der Waals surface area contributed by atoms with Crippen LogP contribution in [0.25, 0.3) is 0 Å². The molecule has 5 nitrogen and oxygen atoms in total. The molecule has 0 bridgehead atoms. The Balaban J connectivity index is 1.63. The highest BCUT2D eigenvalue weighted by atomic mass is 19.1. The van der Waals surface area contributed by atoms with Crippen LogP contribution in [-0.2, 0) is 0 Å². The van der Waals surface area contributed by atoms with E-state index >= 15 is 0 Å². The topological polar surface area (TPSA) is 61.4 Å². The Morgan fingerprint density at radius 3 is 2.35 bits per heavy atom. The average Bonchev–Trinajstić information content (AvgIpc) is 2.74. The number of carbonyl (C=O) groups is 2. The summed E-state index contributed by atoms with van der Waals surface area (Å²) in [5, 5.41) is 5.56. The standard InChI is InChI=1S/C24H23F2N3O2/c1-17-5-2-8-21(15-17)28-24(31)29(22-11-9-19(25)10-12-22)14-4-13-27-23(30)18-6-3-7-20(26)16-18/h2-3,5-12,15-16H,4,13-14H2,1H3,(H,27,30)(H,28,31). The number of aryl methyl sites for hydroxylation is 1. The summed E-state index contributed by atoms with van der Waals surface area (Å²) in [6, 6.07) is 18.1. The molecule has 0 heterocycles. The normalized spacial score (nSPS) is 10.4. The lowest BCUT2D eigenvalue weighted by Crippen LogP contribution is -2.37. The van der Waals surface area contributed by atoms with E-state index in [1.165, 1.54) is 47.4 Å². The first-order chi connectivity index (χ1) is 14.9. The number of urea groups is 1. The second-order valence-corrected chi connectivity index (χ2v) is 7.05. The number of anilines is 2. The molecule has 0 atom stereocenters. The van der Waals surface area contributed by atoms with Crippen molar-refractivity contribution in [1.82, 2.24) is 5.32 Å². The van der Waals surface area contributed by atoms with E-state index in [9.17, 15) is 18.4 Å². The van der Waals surface area contributed by atoms with Gasteiger partial charge in [-0.3, -0.25) is 9.69 Å². The van der Waals surface area contributed by atoms with Gasteiger partial charge in [0.15, 0.2) is 0 Å². The Morgan fingerprint density at radius 1 is 0.903 bits per heavy atom. The Kier molecular flexibility index (Phi) is 7.32. The van der Waals surface area contributed by atoms with Crippen molar-refractivity contribution in [3.05, 3.63) is 95.6 Å². The largest absolute Gasteiger partial charge is 0.352 e. The van der Waals surface area contributed by atoms with Gasteiger partial charge in [0.05, 0.1) is 0 Å². The summed E-state index contributed by atoms with van der Waals surface area (Å²) in [7, 11) is 0. The van der Waals surface area contributed by atoms with Gasteiger partial charge in [0.1, 0.15) is 11.6 Å². The highest BCUT2D eigenvalue weighted by molar-refractivity contribution is 6.01. The first-order valence-electron chi connectivity index (χ1n) is 9.87. The van der Waals surface area contributed by atoms with Crippen molar-refractivity contribution in [2.24, 2.45) is 0 Å². The molecule has 0 aliphatic heterocycles. The highest BCUT2D eigenvalue weighted by Gasteiger charge is 2.16. The van der Waals surface area contributed by atoms with Crippen molar-refractivity contribution < 1.29 is 18.4 Å². The maximum absolute atomic E-state index is 13.3. The molecule has 31 heavy (non-hydrogen) atoms. The van der Waals surface area contributed by atoms with Gasteiger partial charge in [-0.1, -0.05) is 18.2 Å². The maximum atomic E-state index is 13.3. The Hall–Kier alpha value is -3.74. The lowest BCUT2D eigenvalue weighted by Gasteiger charge is -2.23. The minimum Gasteiger partial charge on any atom is -0.352 e. The number of halogens is 2. The number of hydrogen-bond acceptors (Lipinski definition) is 2. The van der Waals surface area contributed by atoms with Crippen molar-refractivity contribution in [1.29, 1.82) is 0 Å². The number of hydrogen-bond donors (Lipinski definition) is 2. The molecule has 3 rings (SSSR count). The summed E-state index contributed by atoms with van der Waals surface area (Å²) >= 11 is 0. The summed E-state index contributed by atoms with van der Waals surface area (Å²) < 4.78 is 26.6. The van der Waals surface area contributed by atoms with E-state index in [4.69, 9.17) is 0 Å². The minimum absolute atomic E-state index is 0.229. The number of benzene rings is 3. The number of nitrogens with one attached hydrogen (secondary N) is 2. The van der Waals surface area contributed by atoms with Gasteiger partial charge in [-0.05, 0) is 73.5 Å². The molecule has 3 amide bonds. The van der Waals surface area contributed by atoms with Crippen LogP contribution in [-0.4, -0.2) is 25.0 Å². The molecule has 0 saturated carbocycles. The first-order valence-corrected chi connectivity index (χ1v) is 9.87. The molecule has 0 spiro atoms. The molecule has 0 unspecified atom stereocenters. The van der Waals surface area contributed by atoms with Crippen LogP contribution < -0.4 is 15.5 Å². The summed E-state index contributed by atoms with van der Waals surface area (Å²) in [5.41, 5.74) is 2.42. The van der Waals surface area contributed by atoms with Gasteiger partial charge < -0.3 is 10.6 Å². The molecule has 0 aliphatic carbocycles. The Bertz CT molecular complexity index is 1050. The summed E-state index contributed by atoms with van der Waals surface area (Å²) in [6.45, 7) is 2.49. The molecule has 0 aliphatic rings. The fraction of sp³-hybridized carbons (Fsp3) is 0.167. The fourth-order valence-corrected chi connectivity index (χ4v) is 3.05. The van der Waals surface area contributed by atoms with E-state index in [1.54, 1.807) is 6.07 Å². The molecule has 0 saturated heterocycles. The van der Waals surface area contributed by atoms with Crippen LogP contribution in [0.5, 0.6) is 0 Å². The van der Waals surface area contributed by atoms with E-state index in [-0.39, 0.29) is 24.7 Å². The lowest BCUT2D eigenvalue weighted by atomic mass is 10.2. The number of rotatable bonds is 7. The summed E-state index contributed by atoms with van der Waals surface area (Å²) in [6.07, 6.45) is 0.444. The monoisotopic (exact) mass is 423 g/mol. The third kappa shape index (κ3) is 6.37. The van der Waals surface area contributed by atoms with Gasteiger partial charge in [-0.25, -0.2) is 13.6 Å². The van der Waals surface area contributed by atoms with E-state index in [0.29, 0.717) is 17.8 Å². The van der Waals surface area contributed by atoms with Crippen molar-refractivity contribution in [2.75, 3.05) is 23.3 Å². The molecule has 0 radical (unpaired) electrons. The lowest BCUT2D eigenvalue weighted by molar-refractivity contribution is 0.0953. The van der Waals surface area contributed by atoms with Crippen LogP contribution in [0.4, 0.5) is 25.0 Å². The summed E-state index contributed by atoms with van der Waals surface area (Å²) in [5.74, 6) is -1.27. The van der Waals surface area contributed by atoms with Crippen LogP contribution in [0.15, 0.2) is 72.8 Å². The molecule has 0 aromatic heterocycles. The maximum Gasteiger partial charge on any atom is 0.326 e. The zero-order chi connectivity index (χ0) is 22.2. The molecule has 7 heteroatoms. The minimum atomic E-state index is -0.483. The summed E-state index contributed by atoms with van der Waals surface area (Å²) in [4.78, 5) is 26.5. The van der Waals surface area contributed by atoms with E-state index in [1.807, 2.05) is 25.1 Å². The van der Waals surface area contributed by atoms with Crippen molar-refractivity contribution in [3.8, 4) is 0 Å². The number of carbonyl (C=O) groups excluding carboxylic acids is 2. The SMILES string of the molecule is Cc1cccc(NC(=O)N(CCCNC(=O)c2cccc(F)c2)c2ccc(F)cc2)c1. The molecule has 3 aromatic rings. The van der Waals surface area contributed by atoms with Gasteiger partial charge in [0.2, 0.25) is 0 Å².